The monoisotopic (exact) mass is 223 g/mol. The van der Waals surface area contributed by atoms with Gasteiger partial charge in [0.2, 0.25) is 0 Å². The molecule has 1 N–H and O–H groups in total. The molecule has 0 fully saturated rings. The summed E-state index contributed by atoms with van der Waals surface area (Å²) in [7, 11) is 3.55. The van der Waals surface area contributed by atoms with E-state index in [2.05, 4.69) is 12.2 Å². The van der Waals surface area contributed by atoms with E-state index >= 15 is 0 Å². The molecular weight excluding hydrogens is 206 g/mol. The molecule has 78 valence electrons. The third-order valence-corrected chi connectivity index (χ3v) is 3.54. The minimum absolute atomic E-state index is 0.196. The molecular formula is C8H17NO2S2. The Labute approximate surface area is 87.8 Å². The van der Waals surface area contributed by atoms with Crippen LogP contribution in [0.2, 0.25) is 0 Å². The second-order valence-electron chi connectivity index (χ2n) is 2.34. The van der Waals surface area contributed by atoms with Crippen LogP contribution in [0.25, 0.3) is 0 Å². The van der Waals surface area contributed by atoms with Crippen LogP contribution in [0.5, 0.6) is 0 Å². The first-order valence-electron chi connectivity index (χ1n) is 4.36. The second kappa shape index (κ2) is 10.2. The molecule has 0 saturated heterocycles. The summed E-state index contributed by atoms with van der Waals surface area (Å²) < 4.78 is 4.78. The first-order chi connectivity index (χ1) is 6.27. The van der Waals surface area contributed by atoms with E-state index in [0.29, 0.717) is 6.61 Å². The van der Waals surface area contributed by atoms with Crippen molar-refractivity contribution in [3.8, 4) is 0 Å². The highest BCUT2D eigenvalue weighted by Gasteiger charge is 1.93. The number of hydrogen-bond acceptors (Lipinski definition) is 5. The molecule has 0 bridgehead atoms. The van der Waals surface area contributed by atoms with Crippen LogP contribution in [-0.2, 0) is 9.53 Å². The number of esters is 1. The minimum Gasteiger partial charge on any atom is -0.465 e. The van der Waals surface area contributed by atoms with Crippen molar-refractivity contribution < 1.29 is 9.53 Å². The van der Waals surface area contributed by atoms with E-state index in [-0.39, 0.29) is 5.97 Å². The third kappa shape index (κ3) is 12.1. The molecule has 5 heteroatoms. The molecule has 0 amide bonds. The average Bonchev–Trinajstić information content (AvgIpc) is 2.09. The minimum atomic E-state index is -0.196. The Hall–Kier alpha value is 0.130. The smallest absolute Gasteiger partial charge is 0.302 e. The van der Waals surface area contributed by atoms with E-state index in [1.165, 1.54) is 6.92 Å². The fraction of sp³-hybridized carbons (Fsp3) is 0.875. The van der Waals surface area contributed by atoms with E-state index < -0.39 is 0 Å². The maximum atomic E-state index is 10.4. The lowest BCUT2D eigenvalue weighted by Gasteiger charge is -2.02. The van der Waals surface area contributed by atoms with Crippen LogP contribution in [-0.4, -0.2) is 37.2 Å². The zero-order valence-corrected chi connectivity index (χ0v) is 9.80. The van der Waals surface area contributed by atoms with Crippen LogP contribution in [0.4, 0.5) is 0 Å². The molecule has 0 aromatic heterocycles. The van der Waals surface area contributed by atoms with Crippen molar-refractivity contribution in [3.05, 3.63) is 0 Å². The summed E-state index contributed by atoms with van der Waals surface area (Å²) in [6.45, 7) is 6.12. The largest absolute Gasteiger partial charge is 0.465 e. The van der Waals surface area contributed by atoms with E-state index in [9.17, 15) is 4.79 Å². The predicted molar refractivity (Wildman–Crippen MR) is 60.1 cm³/mol. The van der Waals surface area contributed by atoms with Gasteiger partial charge in [-0.2, -0.15) is 0 Å². The number of rotatable bonds is 8. The Morgan fingerprint density at radius 1 is 1.38 bits per heavy atom. The van der Waals surface area contributed by atoms with E-state index in [4.69, 9.17) is 4.74 Å². The van der Waals surface area contributed by atoms with Crippen LogP contribution >= 0.6 is 21.6 Å². The Kier molecular flexibility index (Phi) is 10.3. The van der Waals surface area contributed by atoms with Gasteiger partial charge in [0.15, 0.2) is 0 Å². The standard InChI is InChI=1S/C8H17NO2S2/c1-3-9-4-6-12-13-7-5-11-8(2)10/h9H,3-7H2,1-2H3. The summed E-state index contributed by atoms with van der Waals surface area (Å²) in [6, 6.07) is 0. The third-order valence-electron chi connectivity index (χ3n) is 1.17. The highest BCUT2D eigenvalue weighted by Crippen LogP contribution is 2.19. The predicted octanol–water partition coefficient (Wildman–Crippen LogP) is 1.54. The van der Waals surface area contributed by atoms with Crippen molar-refractivity contribution in [1.29, 1.82) is 0 Å². The Morgan fingerprint density at radius 3 is 2.69 bits per heavy atom. The maximum Gasteiger partial charge on any atom is 0.302 e. The summed E-state index contributed by atoms with van der Waals surface area (Å²) in [4.78, 5) is 10.4. The molecule has 0 aliphatic heterocycles. The lowest BCUT2D eigenvalue weighted by atomic mass is 10.7. The molecule has 0 rings (SSSR count). The van der Waals surface area contributed by atoms with Gasteiger partial charge in [-0.25, -0.2) is 0 Å². The van der Waals surface area contributed by atoms with E-state index in [1.54, 1.807) is 10.8 Å². The molecule has 0 aromatic rings. The summed E-state index contributed by atoms with van der Waals surface area (Å²) in [5.74, 6) is 1.77. The highest BCUT2D eigenvalue weighted by atomic mass is 33.1. The van der Waals surface area contributed by atoms with Crippen molar-refractivity contribution in [1.82, 2.24) is 5.32 Å². The second-order valence-corrected chi connectivity index (χ2v) is 5.04. The summed E-state index contributed by atoms with van der Waals surface area (Å²) in [5, 5.41) is 3.24. The molecule has 0 aliphatic rings. The summed E-state index contributed by atoms with van der Waals surface area (Å²) in [5.41, 5.74) is 0. The van der Waals surface area contributed by atoms with Crippen LogP contribution < -0.4 is 5.32 Å². The number of hydrogen-bond donors (Lipinski definition) is 1. The SMILES string of the molecule is CCNCCSSCCOC(C)=O. The Balaban J connectivity index is 2.87. The summed E-state index contributed by atoms with van der Waals surface area (Å²) >= 11 is 0. The maximum absolute atomic E-state index is 10.4. The molecule has 0 atom stereocenters. The lowest BCUT2D eigenvalue weighted by Crippen LogP contribution is -2.15. The van der Waals surface area contributed by atoms with Crippen LogP contribution in [0.15, 0.2) is 0 Å². The molecule has 13 heavy (non-hydrogen) atoms. The summed E-state index contributed by atoms with van der Waals surface area (Å²) in [6.07, 6.45) is 0. The normalized spacial score (nSPS) is 10.0. The molecule has 0 radical (unpaired) electrons. The molecule has 0 aromatic carbocycles. The van der Waals surface area contributed by atoms with Gasteiger partial charge in [-0.05, 0) is 6.54 Å². The average molecular weight is 223 g/mol. The number of ether oxygens (including phenoxy) is 1. The van der Waals surface area contributed by atoms with Crippen LogP contribution in [0, 0.1) is 0 Å². The first kappa shape index (κ1) is 13.1. The zero-order valence-electron chi connectivity index (χ0n) is 8.17. The fourth-order valence-electron chi connectivity index (χ4n) is 0.628. The van der Waals surface area contributed by atoms with Gasteiger partial charge in [0.1, 0.15) is 6.61 Å². The first-order valence-corrected chi connectivity index (χ1v) is 6.84. The van der Waals surface area contributed by atoms with Crippen molar-refractivity contribution in [2.45, 2.75) is 13.8 Å². The molecule has 0 unspecified atom stereocenters. The van der Waals surface area contributed by atoms with Gasteiger partial charge in [0, 0.05) is 25.0 Å². The van der Waals surface area contributed by atoms with E-state index in [1.807, 2.05) is 10.8 Å². The van der Waals surface area contributed by atoms with E-state index in [0.717, 1.165) is 24.6 Å². The van der Waals surface area contributed by atoms with Crippen molar-refractivity contribution in [3.63, 3.8) is 0 Å². The van der Waals surface area contributed by atoms with Crippen molar-refractivity contribution in [2.75, 3.05) is 31.2 Å². The quantitative estimate of drug-likeness (QED) is 0.384. The van der Waals surface area contributed by atoms with Gasteiger partial charge in [0.25, 0.3) is 0 Å². The number of nitrogens with one attached hydrogen (secondary N) is 1. The van der Waals surface area contributed by atoms with Gasteiger partial charge >= 0.3 is 5.97 Å². The molecule has 0 heterocycles. The van der Waals surface area contributed by atoms with Gasteiger partial charge in [-0.1, -0.05) is 28.5 Å². The molecule has 3 nitrogen and oxygen atoms in total. The number of carbonyl (C=O) groups excluding carboxylic acids is 1. The van der Waals surface area contributed by atoms with Crippen molar-refractivity contribution in [2.24, 2.45) is 0 Å². The van der Waals surface area contributed by atoms with Gasteiger partial charge in [-0.3, -0.25) is 4.79 Å². The van der Waals surface area contributed by atoms with Gasteiger partial charge in [-0.15, -0.1) is 0 Å². The molecule has 0 saturated carbocycles. The van der Waals surface area contributed by atoms with Crippen LogP contribution in [0.3, 0.4) is 0 Å². The highest BCUT2D eigenvalue weighted by molar-refractivity contribution is 8.76. The Bertz CT molecular complexity index is 133. The lowest BCUT2D eigenvalue weighted by molar-refractivity contribution is -0.140. The Morgan fingerprint density at radius 2 is 2.08 bits per heavy atom. The molecule has 0 aliphatic carbocycles. The van der Waals surface area contributed by atoms with Crippen molar-refractivity contribution >= 4 is 27.6 Å². The zero-order chi connectivity index (χ0) is 9.94. The van der Waals surface area contributed by atoms with Crippen LogP contribution in [0.1, 0.15) is 13.8 Å². The fourth-order valence-corrected chi connectivity index (χ4v) is 2.40. The molecule has 0 spiro atoms. The number of carbonyl (C=O) groups is 1. The topological polar surface area (TPSA) is 38.3 Å². The van der Waals surface area contributed by atoms with Gasteiger partial charge in [0.05, 0.1) is 0 Å². The van der Waals surface area contributed by atoms with Gasteiger partial charge < -0.3 is 10.1 Å².